The van der Waals surface area contributed by atoms with Crippen molar-refractivity contribution in [2.75, 3.05) is 7.11 Å². The molecule has 0 fully saturated rings. The van der Waals surface area contributed by atoms with Crippen LogP contribution in [0.25, 0.3) is 11.6 Å². The van der Waals surface area contributed by atoms with Crippen LogP contribution in [0.3, 0.4) is 0 Å². The first-order chi connectivity index (χ1) is 9.19. The normalized spacial score (nSPS) is 11.5. The van der Waals surface area contributed by atoms with Gasteiger partial charge in [-0.2, -0.15) is 10.2 Å². The number of nitriles is 1. The Morgan fingerprint density at radius 2 is 2.21 bits per heavy atom. The van der Waals surface area contributed by atoms with E-state index in [0.717, 1.165) is 12.8 Å². The Kier molecular flexibility index (Phi) is 3.67. The summed E-state index contributed by atoms with van der Waals surface area (Å²) in [5.41, 5.74) is 0.637. The molecule has 0 saturated carbocycles. The van der Waals surface area contributed by atoms with E-state index in [2.05, 4.69) is 15.1 Å². The number of H-pyrrole nitrogens is 1. The van der Waals surface area contributed by atoms with Gasteiger partial charge in [-0.15, -0.1) is 0 Å². The number of methoxy groups -OCH3 is 1. The fraction of sp³-hybridized carbons (Fsp3) is 0.462. The van der Waals surface area contributed by atoms with E-state index in [9.17, 15) is 0 Å². The summed E-state index contributed by atoms with van der Waals surface area (Å²) in [6.07, 6.45) is 3.11. The maximum atomic E-state index is 8.79. The Morgan fingerprint density at radius 3 is 2.74 bits per heavy atom. The Labute approximate surface area is 111 Å². The van der Waals surface area contributed by atoms with Crippen molar-refractivity contribution >= 4 is 0 Å². The molecule has 2 aromatic heterocycles. The molecule has 6 heteroatoms. The van der Waals surface area contributed by atoms with Crippen molar-refractivity contribution in [3.8, 4) is 17.7 Å². The molecule has 0 bridgehead atoms. The second kappa shape index (κ2) is 5.24. The van der Waals surface area contributed by atoms with Gasteiger partial charge in [0.05, 0.1) is 5.56 Å². The molecule has 0 unspecified atom stereocenters. The minimum atomic E-state index is -0.521. The number of nitrogens with one attached hydrogen (secondary N) is 1. The van der Waals surface area contributed by atoms with E-state index in [0.29, 0.717) is 23.0 Å². The third kappa shape index (κ3) is 2.25. The number of hydrogen-bond donors (Lipinski definition) is 1. The largest absolute Gasteiger partial charge is 0.370 e. The van der Waals surface area contributed by atoms with Gasteiger partial charge in [0.15, 0.2) is 0 Å². The number of ether oxygens (including phenoxy) is 1. The van der Waals surface area contributed by atoms with Gasteiger partial charge in [0.25, 0.3) is 5.89 Å². The summed E-state index contributed by atoms with van der Waals surface area (Å²) >= 11 is 0. The number of rotatable bonds is 5. The predicted molar refractivity (Wildman–Crippen MR) is 68.1 cm³/mol. The minimum Gasteiger partial charge on any atom is -0.370 e. The smallest absolute Gasteiger partial charge is 0.274 e. The first-order valence-corrected chi connectivity index (χ1v) is 6.17. The van der Waals surface area contributed by atoms with Crippen molar-refractivity contribution in [3.05, 3.63) is 23.7 Å². The molecule has 0 aliphatic carbocycles. The van der Waals surface area contributed by atoms with Crippen molar-refractivity contribution in [1.29, 1.82) is 5.26 Å². The van der Waals surface area contributed by atoms with E-state index in [-0.39, 0.29) is 0 Å². The molecule has 0 aliphatic rings. The van der Waals surface area contributed by atoms with E-state index in [1.807, 2.05) is 19.9 Å². The first-order valence-electron chi connectivity index (χ1n) is 6.17. The van der Waals surface area contributed by atoms with Crippen LogP contribution in [-0.2, 0) is 10.3 Å². The van der Waals surface area contributed by atoms with Gasteiger partial charge in [-0.1, -0.05) is 19.0 Å². The van der Waals surface area contributed by atoms with E-state index < -0.39 is 5.60 Å². The van der Waals surface area contributed by atoms with Crippen molar-refractivity contribution < 1.29 is 9.26 Å². The summed E-state index contributed by atoms with van der Waals surface area (Å²) in [4.78, 5) is 7.30. The quantitative estimate of drug-likeness (QED) is 0.892. The van der Waals surface area contributed by atoms with E-state index in [1.165, 1.54) is 0 Å². The lowest BCUT2D eigenvalue weighted by Crippen LogP contribution is -2.28. The van der Waals surface area contributed by atoms with Crippen LogP contribution < -0.4 is 0 Å². The molecule has 2 aromatic rings. The van der Waals surface area contributed by atoms with Crippen LogP contribution in [0.2, 0.25) is 0 Å². The van der Waals surface area contributed by atoms with Crippen molar-refractivity contribution in [2.24, 2.45) is 0 Å². The highest BCUT2D eigenvalue weighted by atomic mass is 16.5. The predicted octanol–water partition coefficient (Wildman–Crippen LogP) is 2.60. The average Bonchev–Trinajstić information content (AvgIpc) is 3.10. The number of aromatic amines is 1. The summed E-state index contributed by atoms with van der Waals surface area (Å²) in [6.45, 7) is 4.04. The van der Waals surface area contributed by atoms with Crippen molar-refractivity contribution in [1.82, 2.24) is 15.1 Å². The van der Waals surface area contributed by atoms with Gasteiger partial charge < -0.3 is 14.2 Å². The maximum absolute atomic E-state index is 8.79. The molecule has 0 spiro atoms. The average molecular weight is 260 g/mol. The van der Waals surface area contributed by atoms with E-state index in [4.69, 9.17) is 14.5 Å². The van der Waals surface area contributed by atoms with Crippen molar-refractivity contribution in [2.45, 2.75) is 32.3 Å². The molecule has 0 aliphatic heterocycles. The monoisotopic (exact) mass is 260 g/mol. The summed E-state index contributed by atoms with van der Waals surface area (Å²) in [6, 6.07) is 3.71. The molecular formula is C13H16N4O2. The number of aromatic nitrogens is 3. The van der Waals surface area contributed by atoms with Crippen LogP contribution in [0.1, 0.15) is 38.1 Å². The van der Waals surface area contributed by atoms with E-state index >= 15 is 0 Å². The Morgan fingerprint density at radius 1 is 1.47 bits per heavy atom. The lowest BCUT2D eigenvalue weighted by Gasteiger charge is -2.25. The Bertz CT molecular complexity index is 582. The van der Waals surface area contributed by atoms with Gasteiger partial charge in [-0.05, 0) is 18.9 Å². The third-order valence-corrected chi connectivity index (χ3v) is 3.41. The second-order valence-corrected chi connectivity index (χ2v) is 4.24. The molecule has 100 valence electrons. The van der Waals surface area contributed by atoms with Gasteiger partial charge in [-0.25, -0.2) is 0 Å². The molecule has 0 saturated heterocycles. The Balaban J connectivity index is 2.35. The summed E-state index contributed by atoms with van der Waals surface area (Å²) < 4.78 is 10.8. The lowest BCUT2D eigenvalue weighted by atomic mass is 9.96. The third-order valence-electron chi connectivity index (χ3n) is 3.41. The highest BCUT2D eigenvalue weighted by molar-refractivity contribution is 5.51. The highest BCUT2D eigenvalue weighted by Crippen LogP contribution is 2.31. The molecule has 0 atom stereocenters. The summed E-state index contributed by atoms with van der Waals surface area (Å²) in [7, 11) is 1.64. The summed E-state index contributed by atoms with van der Waals surface area (Å²) in [5, 5.41) is 12.8. The van der Waals surface area contributed by atoms with Gasteiger partial charge in [0, 0.05) is 13.3 Å². The van der Waals surface area contributed by atoms with Crippen LogP contribution in [0, 0.1) is 11.3 Å². The van der Waals surface area contributed by atoms with Crippen LogP contribution >= 0.6 is 0 Å². The molecule has 0 radical (unpaired) electrons. The molecule has 6 nitrogen and oxygen atoms in total. The zero-order valence-electron chi connectivity index (χ0n) is 11.2. The van der Waals surface area contributed by atoms with Crippen LogP contribution in [0.5, 0.6) is 0 Å². The fourth-order valence-electron chi connectivity index (χ4n) is 2.05. The molecule has 0 amide bonds. The van der Waals surface area contributed by atoms with Gasteiger partial charge in [0.2, 0.25) is 5.82 Å². The zero-order chi connectivity index (χ0) is 13.9. The molecule has 19 heavy (non-hydrogen) atoms. The molecule has 2 rings (SSSR count). The molecular weight excluding hydrogens is 244 g/mol. The number of hydrogen-bond acceptors (Lipinski definition) is 5. The Hall–Kier alpha value is -2.13. The van der Waals surface area contributed by atoms with Crippen LogP contribution in [-0.4, -0.2) is 22.2 Å². The highest BCUT2D eigenvalue weighted by Gasteiger charge is 2.33. The molecule has 1 N–H and O–H groups in total. The minimum absolute atomic E-state index is 0.361. The van der Waals surface area contributed by atoms with Crippen molar-refractivity contribution in [3.63, 3.8) is 0 Å². The first kappa shape index (κ1) is 13.3. The van der Waals surface area contributed by atoms with E-state index in [1.54, 1.807) is 19.4 Å². The molecule has 0 aromatic carbocycles. The van der Waals surface area contributed by atoms with Crippen LogP contribution in [0.4, 0.5) is 0 Å². The zero-order valence-corrected chi connectivity index (χ0v) is 11.2. The summed E-state index contributed by atoms with van der Waals surface area (Å²) in [5.74, 6) is 0.892. The van der Waals surface area contributed by atoms with Gasteiger partial charge in [-0.3, -0.25) is 0 Å². The van der Waals surface area contributed by atoms with Gasteiger partial charge >= 0.3 is 0 Å². The van der Waals surface area contributed by atoms with Crippen LogP contribution in [0.15, 0.2) is 16.8 Å². The van der Waals surface area contributed by atoms with Gasteiger partial charge in [0.1, 0.15) is 17.4 Å². The standard InChI is InChI=1S/C13H16N4O2/c1-4-13(5-2,18-3)12-16-11(19-17-12)10-6-9(7-14)8-15-10/h6,8,15H,4-5H2,1-3H3. The lowest BCUT2D eigenvalue weighted by molar-refractivity contribution is -0.0306. The molecule has 2 heterocycles. The maximum Gasteiger partial charge on any atom is 0.274 e. The number of nitrogens with zero attached hydrogens (tertiary/aromatic N) is 3. The fourth-order valence-corrected chi connectivity index (χ4v) is 2.05. The second-order valence-electron chi connectivity index (χ2n) is 4.24. The SMILES string of the molecule is CCC(CC)(OC)c1noc(-c2cc(C#N)c[nH]2)n1. The topological polar surface area (TPSA) is 87.7 Å².